The van der Waals surface area contributed by atoms with Crippen LogP contribution in [0, 0.1) is 0 Å². The summed E-state index contributed by atoms with van der Waals surface area (Å²) in [5.74, 6) is -1.91. The van der Waals surface area contributed by atoms with Crippen LogP contribution in [-0.2, 0) is 51.3 Å². The fourth-order valence-electron chi connectivity index (χ4n) is 1.33. The van der Waals surface area contributed by atoms with Gasteiger partial charge in [0.25, 0.3) is 0 Å². The SMILES string of the molecule is C=C(C)C(=O)OCCOP(=O)(OCCOC(=O)C(=C)C)OCCOC(=O)C(=C)C.O=P(O)(O)O. The van der Waals surface area contributed by atoms with Gasteiger partial charge in [0.05, 0.1) is 19.8 Å². The van der Waals surface area contributed by atoms with E-state index in [0.717, 1.165) is 0 Å². The molecule has 14 nitrogen and oxygen atoms in total. The van der Waals surface area contributed by atoms with Gasteiger partial charge in [-0.1, -0.05) is 19.7 Å². The Morgan fingerprint density at radius 3 is 0.971 bits per heavy atom. The van der Waals surface area contributed by atoms with Gasteiger partial charge >= 0.3 is 33.6 Å². The van der Waals surface area contributed by atoms with Crippen LogP contribution in [0.5, 0.6) is 0 Å². The highest BCUT2D eigenvalue weighted by molar-refractivity contribution is 7.48. The second-order valence-corrected chi connectivity index (χ2v) is 8.90. The standard InChI is InChI=1S/C18H27O10P.H3O4P/c1-13(2)16(19)23-7-10-26-29(22,27-11-8-24-17(20)14(3)4)28-12-9-25-18(21)15(5)6;1-5(2,3)4/h1,3,5,7-12H2,2,4,6H3;(H3,1,2,3,4). The Hall–Kier alpha value is -2.15. The molecule has 196 valence electrons. The van der Waals surface area contributed by atoms with Crippen molar-refractivity contribution in [2.75, 3.05) is 39.6 Å². The van der Waals surface area contributed by atoms with Gasteiger partial charge in [0.2, 0.25) is 0 Å². The maximum atomic E-state index is 12.6. The van der Waals surface area contributed by atoms with Crippen LogP contribution in [0.4, 0.5) is 0 Å². The molecule has 0 rings (SSSR count). The van der Waals surface area contributed by atoms with E-state index in [1.54, 1.807) is 0 Å². The van der Waals surface area contributed by atoms with Gasteiger partial charge in [-0.05, 0) is 20.8 Å². The molecular weight excluding hydrogens is 502 g/mol. The molecule has 16 heteroatoms. The summed E-state index contributed by atoms with van der Waals surface area (Å²) in [5.41, 5.74) is 0.581. The maximum absolute atomic E-state index is 12.6. The average Bonchev–Trinajstić information content (AvgIpc) is 2.69. The number of carbonyl (C=O) groups excluding carboxylic acids is 3. The van der Waals surface area contributed by atoms with Crippen molar-refractivity contribution in [2.45, 2.75) is 20.8 Å². The highest BCUT2D eigenvalue weighted by atomic mass is 31.2. The van der Waals surface area contributed by atoms with Crippen LogP contribution in [0.2, 0.25) is 0 Å². The first kappa shape index (κ1) is 34.0. The lowest BCUT2D eigenvalue weighted by molar-refractivity contribution is -0.140. The zero-order chi connectivity index (χ0) is 26.9. The number of phosphoric ester groups is 1. The number of phosphoric acid groups is 2. The average molecular weight is 532 g/mol. The quantitative estimate of drug-likeness (QED) is 0.0901. The molecule has 0 aromatic carbocycles. The molecule has 0 aliphatic heterocycles. The lowest BCUT2D eigenvalue weighted by Crippen LogP contribution is -2.15. The van der Waals surface area contributed by atoms with E-state index >= 15 is 0 Å². The lowest BCUT2D eigenvalue weighted by Gasteiger charge is -2.18. The van der Waals surface area contributed by atoms with E-state index in [1.165, 1.54) is 20.8 Å². The molecule has 0 radical (unpaired) electrons. The minimum atomic E-state index is -4.64. The molecule has 0 aromatic heterocycles. The van der Waals surface area contributed by atoms with E-state index in [1.807, 2.05) is 0 Å². The van der Waals surface area contributed by atoms with Crippen LogP contribution >= 0.6 is 15.6 Å². The van der Waals surface area contributed by atoms with Crippen molar-refractivity contribution in [3.05, 3.63) is 36.5 Å². The Balaban J connectivity index is 0. The fraction of sp³-hybridized carbons (Fsp3) is 0.500. The molecule has 0 amide bonds. The lowest BCUT2D eigenvalue weighted by atomic mass is 10.4. The highest BCUT2D eigenvalue weighted by Crippen LogP contribution is 2.49. The maximum Gasteiger partial charge on any atom is 0.475 e. The number of ether oxygens (including phenoxy) is 3. The van der Waals surface area contributed by atoms with Crippen molar-refractivity contribution in [1.82, 2.24) is 0 Å². The first-order valence-electron chi connectivity index (χ1n) is 9.28. The first-order valence-corrected chi connectivity index (χ1v) is 12.3. The van der Waals surface area contributed by atoms with Crippen LogP contribution in [0.3, 0.4) is 0 Å². The minimum Gasteiger partial charge on any atom is -0.460 e. The minimum absolute atomic E-state index is 0.194. The van der Waals surface area contributed by atoms with Gasteiger partial charge in [0.1, 0.15) is 19.8 Å². The van der Waals surface area contributed by atoms with Crippen LogP contribution in [-0.4, -0.2) is 72.2 Å². The summed E-state index contributed by atoms with van der Waals surface area (Å²) in [6.45, 7) is 13.1. The highest BCUT2D eigenvalue weighted by Gasteiger charge is 2.27. The summed E-state index contributed by atoms with van der Waals surface area (Å²) < 4.78 is 51.1. The largest absolute Gasteiger partial charge is 0.475 e. The van der Waals surface area contributed by atoms with Crippen LogP contribution in [0.15, 0.2) is 36.5 Å². The van der Waals surface area contributed by atoms with Crippen LogP contribution < -0.4 is 0 Å². The summed E-state index contributed by atoms with van der Waals surface area (Å²) in [4.78, 5) is 55.5. The molecule has 0 saturated carbocycles. The van der Waals surface area contributed by atoms with Crippen molar-refractivity contribution in [3.8, 4) is 0 Å². The summed E-state index contributed by atoms with van der Waals surface area (Å²) in [5, 5.41) is 0. The van der Waals surface area contributed by atoms with E-state index in [0.29, 0.717) is 0 Å². The van der Waals surface area contributed by atoms with E-state index in [9.17, 15) is 18.9 Å². The van der Waals surface area contributed by atoms with E-state index in [-0.39, 0.29) is 56.4 Å². The molecular formula is C18H30O14P2. The van der Waals surface area contributed by atoms with Crippen LogP contribution in [0.1, 0.15) is 20.8 Å². The van der Waals surface area contributed by atoms with Crippen molar-refractivity contribution < 1.29 is 66.0 Å². The van der Waals surface area contributed by atoms with E-state index < -0.39 is 33.6 Å². The predicted octanol–water partition coefficient (Wildman–Crippen LogP) is 1.57. The monoisotopic (exact) mass is 532 g/mol. The third-order valence-corrected chi connectivity index (χ3v) is 4.24. The number of rotatable bonds is 15. The third-order valence-electron chi connectivity index (χ3n) is 2.74. The fourth-order valence-corrected chi connectivity index (χ4v) is 2.45. The summed E-state index contributed by atoms with van der Waals surface area (Å²) in [6.07, 6.45) is 0. The Morgan fingerprint density at radius 1 is 0.588 bits per heavy atom. The number of hydrogen-bond donors (Lipinski definition) is 3. The Bertz CT molecular complexity index is 730. The van der Waals surface area contributed by atoms with Crippen molar-refractivity contribution in [2.24, 2.45) is 0 Å². The summed E-state index contributed by atoms with van der Waals surface area (Å²) in [6, 6.07) is 0. The summed E-state index contributed by atoms with van der Waals surface area (Å²) >= 11 is 0. The molecule has 0 aliphatic rings. The molecule has 0 heterocycles. The van der Waals surface area contributed by atoms with Gasteiger partial charge < -0.3 is 28.9 Å². The summed E-state index contributed by atoms with van der Waals surface area (Å²) in [7, 11) is -8.75. The molecule has 0 fully saturated rings. The van der Waals surface area contributed by atoms with Gasteiger partial charge in [-0.2, -0.15) is 0 Å². The van der Waals surface area contributed by atoms with Crippen molar-refractivity contribution in [1.29, 1.82) is 0 Å². The van der Waals surface area contributed by atoms with Gasteiger partial charge in [-0.3, -0.25) is 13.6 Å². The molecule has 0 bridgehead atoms. The van der Waals surface area contributed by atoms with Gasteiger partial charge in [0, 0.05) is 16.7 Å². The number of carbonyl (C=O) groups is 3. The van der Waals surface area contributed by atoms with Gasteiger partial charge in [0.15, 0.2) is 0 Å². The number of esters is 3. The molecule has 0 spiro atoms. The molecule has 34 heavy (non-hydrogen) atoms. The molecule has 0 aromatic rings. The Morgan fingerprint density at radius 2 is 0.794 bits per heavy atom. The third kappa shape index (κ3) is 21.7. The molecule has 0 saturated heterocycles. The molecule has 0 aliphatic carbocycles. The predicted molar refractivity (Wildman–Crippen MR) is 117 cm³/mol. The normalized spacial score (nSPS) is 10.9. The first-order chi connectivity index (χ1) is 15.5. The second kappa shape index (κ2) is 17.3. The Labute approximate surface area is 197 Å². The van der Waals surface area contributed by atoms with Gasteiger partial charge in [-0.25, -0.2) is 23.5 Å². The smallest absolute Gasteiger partial charge is 0.460 e. The number of hydrogen-bond acceptors (Lipinski definition) is 11. The van der Waals surface area contributed by atoms with Crippen LogP contribution in [0.25, 0.3) is 0 Å². The zero-order valence-electron chi connectivity index (χ0n) is 19.1. The molecule has 3 N–H and O–H groups in total. The topological polar surface area (TPSA) is 201 Å². The Kier molecular flexibility index (Phi) is 17.3. The van der Waals surface area contributed by atoms with Gasteiger partial charge in [-0.15, -0.1) is 0 Å². The zero-order valence-corrected chi connectivity index (χ0v) is 20.9. The molecule has 0 unspecified atom stereocenters. The molecule has 0 atom stereocenters. The van der Waals surface area contributed by atoms with Crippen molar-refractivity contribution in [3.63, 3.8) is 0 Å². The second-order valence-electron chi connectivity index (χ2n) is 6.21. The van der Waals surface area contributed by atoms with E-state index in [4.69, 9.17) is 47.0 Å². The van der Waals surface area contributed by atoms with Crippen molar-refractivity contribution >= 4 is 33.6 Å². The van der Waals surface area contributed by atoms with E-state index in [2.05, 4.69) is 19.7 Å².